The topological polar surface area (TPSA) is 38.1 Å². The van der Waals surface area contributed by atoms with E-state index in [0.29, 0.717) is 0 Å². The standard InChI is InChI=1S/C14H18N2O/c1-3-15-8-7-14-16-10-13(17-14)12-6-4-5-11(2)9-12/h4-6,9-10,15H,3,7-8H2,1-2H3. The van der Waals surface area contributed by atoms with Gasteiger partial charge in [0.15, 0.2) is 11.7 Å². The SMILES string of the molecule is CCNCCc1ncc(-c2cccc(C)c2)o1. The summed E-state index contributed by atoms with van der Waals surface area (Å²) in [5.41, 5.74) is 2.32. The van der Waals surface area contributed by atoms with Gasteiger partial charge in [-0.05, 0) is 19.5 Å². The van der Waals surface area contributed by atoms with Crippen LogP contribution in [0.1, 0.15) is 18.4 Å². The van der Waals surface area contributed by atoms with Crippen molar-refractivity contribution in [3.05, 3.63) is 41.9 Å². The first-order valence-corrected chi connectivity index (χ1v) is 6.02. The minimum Gasteiger partial charge on any atom is -0.441 e. The smallest absolute Gasteiger partial charge is 0.196 e. The Hall–Kier alpha value is -1.61. The van der Waals surface area contributed by atoms with E-state index in [-0.39, 0.29) is 0 Å². The summed E-state index contributed by atoms with van der Waals surface area (Å²) in [6, 6.07) is 8.26. The molecule has 0 saturated heterocycles. The van der Waals surface area contributed by atoms with E-state index in [2.05, 4.69) is 36.3 Å². The lowest BCUT2D eigenvalue weighted by Gasteiger charge is -1.98. The molecule has 17 heavy (non-hydrogen) atoms. The predicted molar refractivity (Wildman–Crippen MR) is 68.9 cm³/mol. The molecule has 0 amide bonds. The number of aryl methyl sites for hydroxylation is 1. The van der Waals surface area contributed by atoms with E-state index < -0.39 is 0 Å². The van der Waals surface area contributed by atoms with Gasteiger partial charge in [-0.3, -0.25) is 0 Å². The molecule has 0 spiro atoms. The molecule has 0 radical (unpaired) electrons. The van der Waals surface area contributed by atoms with Gasteiger partial charge in [0.2, 0.25) is 0 Å². The van der Waals surface area contributed by atoms with E-state index in [1.807, 2.05) is 12.1 Å². The Bertz CT molecular complexity index is 477. The summed E-state index contributed by atoms with van der Waals surface area (Å²) in [6.07, 6.45) is 2.63. The maximum Gasteiger partial charge on any atom is 0.196 e. The average Bonchev–Trinajstić information content (AvgIpc) is 2.78. The minimum atomic E-state index is 0.794. The lowest BCUT2D eigenvalue weighted by Crippen LogP contribution is -2.16. The van der Waals surface area contributed by atoms with Crippen LogP contribution in [0.25, 0.3) is 11.3 Å². The van der Waals surface area contributed by atoms with Crippen molar-refractivity contribution in [1.29, 1.82) is 0 Å². The summed E-state index contributed by atoms with van der Waals surface area (Å²) >= 11 is 0. The van der Waals surface area contributed by atoms with Gasteiger partial charge in [0.05, 0.1) is 6.20 Å². The van der Waals surface area contributed by atoms with E-state index in [0.717, 1.165) is 36.7 Å². The van der Waals surface area contributed by atoms with Crippen LogP contribution in [0, 0.1) is 6.92 Å². The third-order valence-electron chi connectivity index (χ3n) is 2.62. The summed E-state index contributed by atoms with van der Waals surface area (Å²) in [4.78, 5) is 4.29. The second-order valence-electron chi connectivity index (χ2n) is 4.09. The number of oxazole rings is 1. The third-order valence-corrected chi connectivity index (χ3v) is 2.62. The number of likely N-dealkylation sites (N-methyl/N-ethyl adjacent to an activating group) is 1. The first-order valence-electron chi connectivity index (χ1n) is 6.02. The average molecular weight is 230 g/mol. The van der Waals surface area contributed by atoms with Crippen LogP contribution in [0.2, 0.25) is 0 Å². The number of hydrogen-bond acceptors (Lipinski definition) is 3. The maximum atomic E-state index is 5.72. The molecule has 0 bridgehead atoms. The number of aromatic nitrogens is 1. The number of nitrogens with zero attached hydrogens (tertiary/aromatic N) is 1. The van der Waals surface area contributed by atoms with Crippen molar-refractivity contribution in [3.8, 4) is 11.3 Å². The molecule has 0 unspecified atom stereocenters. The number of benzene rings is 1. The molecular formula is C14H18N2O. The lowest BCUT2D eigenvalue weighted by molar-refractivity contribution is 0.497. The van der Waals surface area contributed by atoms with Gasteiger partial charge in [-0.15, -0.1) is 0 Å². The van der Waals surface area contributed by atoms with Crippen molar-refractivity contribution < 1.29 is 4.42 Å². The van der Waals surface area contributed by atoms with Gasteiger partial charge < -0.3 is 9.73 Å². The molecule has 3 nitrogen and oxygen atoms in total. The van der Waals surface area contributed by atoms with Gasteiger partial charge in [-0.25, -0.2) is 4.98 Å². The third kappa shape index (κ3) is 3.17. The zero-order valence-electron chi connectivity index (χ0n) is 10.4. The van der Waals surface area contributed by atoms with Crippen molar-refractivity contribution in [1.82, 2.24) is 10.3 Å². The molecule has 0 atom stereocenters. The Morgan fingerprint density at radius 1 is 1.35 bits per heavy atom. The van der Waals surface area contributed by atoms with Crippen LogP contribution in [0.4, 0.5) is 0 Å². The van der Waals surface area contributed by atoms with Gasteiger partial charge in [0.1, 0.15) is 0 Å². The fraction of sp³-hybridized carbons (Fsp3) is 0.357. The van der Waals surface area contributed by atoms with Gasteiger partial charge in [0.25, 0.3) is 0 Å². The van der Waals surface area contributed by atoms with Gasteiger partial charge in [-0.2, -0.15) is 0 Å². The highest BCUT2D eigenvalue weighted by molar-refractivity contribution is 5.57. The van der Waals surface area contributed by atoms with E-state index in [4.69, 9.17) is 4.42 Å². The first-order chi connectivity index (χ1) is 8.29. The summed E-state index contributed by atoms with van der Waals surface area (Å²) in [6.45, 7) is 6.05. The Morgan fingerprint density at radius 3 is 3.00 bits per heavy atom. The van der Waals surface area contributed by atoms with Crippen LogP contribution in [-0.4, -0.2) is 18.1 Å². The predicted octanol–water partition coefficient (Wildman–Crippen LogP) is 2.80. The zero-order chi connectivity index (χ0) is 12.1. The molecule has 2 rings (SSSR count). The van der Waals surface area contributed by atoms with Gasteiger partial charge >= 0.3 is 0 Å². The molecule has 0 saturated carbocycles. The molecule has 0 aliphatic carbocycles. The molecule has 1 aromatic carbocycles. The van der Waals surface area contributed by atoms with E-state index >= 15 is 0 Å². The number of nitrogens with one attached hydrogen (secondary N) is 1. The Morgan fingerprint density at radius 2 is 2.24 bits per heavy atom. The van der Waals surface area contributed by atoms with Crippen LogP contribution in [0.5, 0.6) is 0 Å². The van der Waals surface area contributed by atoms with Gasteiger partial charge in [0, 0.05) is 18.5 Å². The van der Waals surface area contributed by atoms with Crippen molar-refractivity contribution in [2.24, 2.45) is 0 Å². The van der Waals surface area contributed by atoms with Crippen molar-refractivity contribution in [2.75, 3.05) is 13.1 Å². The molecule has 2 aromatic rings. The maximum absolute atomic E-state index is 5.72. The molecule has 0 fully saturated rings. The fourth-order valence-electron chi connectivity index (χ4n) is 1.73. The normalized spacial score (nSPS) is 10.7. The molecule has 90 valence electrons. The minimum absolute atomic E-state index is 0.794. The molecule has 0 aliphatic rings. The lowest BCUT2D eigenvalue weighted by atomic mass is 10.1. The molecule has 0 aliphatic heterocycles. The Labute approximate surface area is 102 Å². The summed E-state index contributed by atoms with van der Waals surface area (Å²) in [7, 11) is 0. The largest absolute Gasteiger partial charge is 0.441 e. The second-order valence-corrected chi connectivity index (χ2v) is 4.09. The second kappa shape index (κ2) is 5.64. The highest BCUT2D eigenvalue weighted by Crippen LogP contribution is 2.21. The van der Waals surface area contributed by atoms with Crippen LogP contribution < -0.4 is 5.32 Å². The van der Waals surface area contributed by atoms with Crippen molar-refractivity contribution >= 4 is 0 Å². The van der Waals surface area contributed by atoms with E-state index in [1.54, 1.807) is 6.20 Å². The Kier molecular flexibility index (Phi) is 3.94. The molecular weight excluding hydrogens is 212 g/mol. The zero-order valence-corrected chi connectivity index (χ0v) is 10.4. The quantitative estimate of drug-likeness (QED) is 0.803. The number of rotatable bonds is 5. The molecule has 1 N–H and O–H groups in total. The van der Waals surface area contributed by atoms with Gasteiger partial charge in [-0.1, -0.05) is 30.7 Å². The van der Waals surface area contributed by atoms with Crippen LogP contribution >= 0.6 is 0 Å². The van der Waals surface area contributed by atoms with E-state index in [9.17, 15) is 0 Å². The molecule has 3 heteroatoms. The number of hydrogen-bond donors (Lipinski definition) is 1. The highest BCUT2D eigenvalue weighted by atomic mass is 16.4. The fourth-order valence-corrected chi connectivity index (χ4v) is 1.73. The summed E-state index contributed by atoms with van der Waals surface area (Å²) in [5, 5.41) is 3.25. The molecule has 1 aromatic heterocycles. The monoisotopic (exact) mass is 230 g/mol. The van der Waals surface area contributed by atoms with Crippen molar-refractivity contribution in [2.45, 2.75) is 20.3 Å². The van der Waals surface area contributed by atoms with Crippen LogP contribution in [0.15, 0.2) is 34.9 Å². The molecule has 1 heterocycles. The van der Waals surface area contributed by atoms with E-state index in [1.165, 1.54) is 5.56 Å². The highest BCUT2D eigenvalue weighted by Gasteiger charge is 2.05. The van der Waals surface area contributed by atoms with Crippen LogP contribution in [-0.2, 0) is 6.42 Å². The van der Waals surface area contributed by atoms with Crippen LogP contribution in [0.3, 0.4) is 0 Å². The van der Waals surface area contributed by atoms with Crippen molar-refractivity contribution in [3.63, 3.8) is 0 Å². The summed E-state index contributed by atoms with van der Waals surface area (Å²) in [5.74, 6) is 1.64. The first kappa shape index (κ1) is 11.9. The summed E-state index contributed by atoms with van der Waals surface area (Å²) < 4.78 is 5.72. The Balaban J connectivity index is 2.07.